The number of benzene rings is 2. The molecule has 0 N–H and O–H groups in total. The van der Waals surface area contributed by atoms with Gasteiger partial charge in [0.05, 0.1) is 17.0 Å². The Morgan fingerprint density at radius 2 is 1.68 bits per heavy atom. The molecule has 25 heavy (non-hydrogen) atoms. The third-order valence-electron chi connectivity index (χ3n) is 4.93. The number of fused-ring (bicyclic) bond motifs is 2. The zero-order chi connectivity index (χ0) is 17.7. The van der Waals surface area contributed by atoms with Crippen molar-refractivity contribution >= 4 is 16.9 Å². The first-order valence-corrected chi connectivity index (χ1v) is 8.41. The van der Waals surface area contributed by atoms with E-state index in [9.17, 15) is 9.59 Å². The number of carbonyl (C=O) groups excluding carboxylic acids is 1. The van der Waals surface area contributed by atoms with Gasteiger partial charge in [-0.1, -0.05) is 50.2 Å². The maximum absolute atomic E-state index is 13.0. The van der Waals surface area contributed by atoms with Crippen LogP contribution in [0, 0.1) is 0 Å². The van der Waals surface area contributed by atoms with Crippen LogP contribution >= 0.6 is 0 Å². The minimum atomic E-state index is -0.412. The molecule has 1 amide bonds. The van der Waals surface area contributed by atoms with E-state index in [1.54, 1.807) is 36.2 Å². The Kier molecular flexibility index (Phi) is 3.49. The van der Waals surface area contributed by atoms with E-state index in [4.69, 9.17) is 4.42 Å². The molecular weight excluding hydrogens is 314 g/mol. The van der Waals surface area contributed by atoms with Crippen molar-refractivity contribution < 1.29 is 9.21 Å². The summed E-state index contributed by atoms with van der Waals surface area (Å²) < 4.78 is 5.79. The van der Waals surface area contributed by atoms with Crippen molar-refractivity contribution in [2.45, 2.75) is 25.8 Å². The van der Waals surface area contributed by atoms with Gasteiger partial charge in [0.25, 0.3) is 5.91 Å². The van der Waals surface area contributed by atoms with Gasteiger partial charge in [0.1, 0.15) is 5.58 Å². The summed E-state index contributed by atoms with van der Waals surface area (Å²) in [6, 6.07) is 14.7. The van der Waals surface area contributed by atoms with Crippen molar-refractivity contribution in [2.75, 3.05) is 7.05 Å². The summed E-state index contributed by atoms with van der Waals surface area (Å²) in [7, 11) is 1.71. The smallest absolute Gasteiger partial charge is 0.290 e. The zero-order valence-electron chi connectivity index (χ0n) is 14.4. The van der Waals surface area contributed by atoms with Gasteiger partial charge in [-0.3, -0.25) is 9.59 Å². The average molecular weight is 333 g/mol. The van der Waals surface area contributed by atoms with Crippen molar-refractivity contribution in [1.29, 1.82) is 0 Å². The van der Waals surface area contributed by atoms with Gasteiger partial charge in [0, 0.05) is 7.05 Å². The lowest BCUT2D eigenvalue weighted by Crippen LogP contribution is -2.25. The molecule has 0 fully saturated rings. The predicted octanol–water partition coefficient (Wildman–Crippen LogP) is 4.09. The number of hydrogen-bond donors (Lipinski definition) is 0. The van der Waals surface area contributed by atoms with Gasteiger partial charge in [0.2, 0.25) is 5.76 Å². The van der Waals surface area contributed by atoms with E-state index in [2.05, 4.69) is 26.0 Å². The third kappa shape index (κ3) is 2.29. The highest BCUT2D eigenvalue weighted by atomic mass is 16.3. The van der Waals surface area contributed by atoms with Crippen LogP contribution in [0.3, 0.4) is 0 Å². The summed E-state index contributed by atoms with van der Waals surface area (Å²) in [4.78, 5) is 27.3. The normalized spacial score (nSPS) is 16.7. The van der Waals surface area contributed by atoms with E-state index in [0.29, 0.717) is 22.5 Å². The van der Waals surface area contributed by atoms with Crippen LogP contribution in [0.25, 0.3) is 11.0 Å². The van der Waals surface area contributed by atoms with Crippen LogP contribution in [0.4, 0.5) is 0 Å². The van der Waals surface area contributed by atoms with Crippen molar-refractivity contribution in [1.82, 2.24) is 4.90 Å². The standard InChI is InChI=1S/C21H19NO3/c1-12(2)13-8-10-14(11-9-13)18-17-19(23)15-6-4-5-7-16(15)25-20(17)21(24)22(18)3/h4-12,18H,1-3H3. The highest BCUT2D eigenvalue weighted by molar-refractivity contribution is 5.98. The number of carbonyl (C=O) groups is 1. The van der Waals surface area contributed by atoms with Gasteiger partial charge in [-0.05, 0) is 29.2 Å². The molecule has 1 aliphatic rings. The van der Waals surface area contributed by atoms with Crippen LogP contribution in [0.5, 0.6) is 0 Å². The number of hydrogen-bond acceptors (Lipinski definition) is 3. The lowest BCUT2D eigenvalue weighted by atomic mass is 9.95. The topological polar surface area (TPSA) is 50.5 Å². The van der Waals surface area contributed by atoms with Crippen LogP contribution in [-0.4, -0.2) is 17.9 Å². The van der Waals surface area contributed by atoms with Crippen molar-refractivity contribution in [3.05, 3.63) is 81.2 Å². The van der Waals surface area contributed by atoms with Crippen LogP contribution in [0.15, 0.2) is 57.7 Å². The van der Waals surface area contributed by atoms with E-state index in [1.807, 2.05) is 12.1 Å². The van der Waals surface area contributed by atoms with Crippen LogP contribution in [0.1, 0.15) is 53.1 Å². The second kappa shape index (κ2) is 5.59. The molecule has 0 aliphatic carbocycles. The third-order valence-corrected chi connectivity index (χ3v) is 4.93. The maximum Gasteiger partial charge on any atom is 0.290 e. The van der Waals surface area contributed by atoms with E-state index < -0.39 is 6.04 Å². The minimum absolute atomic E-state index is 0.132. The number of para-hydroxylation sites is 1. The molecule has 126 valence electrons. The minimum Gasteiger partial charge on any atom is -0.450 e. The fourth-order valence-electron chi connectivity index (χ4n) is 3.49. The Morgan fingerprint density at radius 1 is 1.00 bits per heavy atom. The Labute approximate surface area is 145 Å². The number of amides is 1. The molecule has 3 aromatic rings. The van der Waals surface area contributed by atoms with Crippen LogP contribution < -0.4 is 5.43 Å². The van der Waals surface area contributed by atoms with Crippen LogP contribution in [0.2, 0.25) is 0 Å². The molecule has 2 heterocycles. The molecule has 4 nitrogen and oxygen atoms in total. The molecule has 1 aromatic heterocycles. The summed E-state index contributed by atoms with van der Waals surface area (Å²) in [5.41, 5.74) is 2.89. The van der Waals surface area contributed by atoms with E-state index in [0.717, 1.165) is 5.56 Å². The van der Waals surface area contributed by atoms with E-state index in [-0.39, 0.29) is 17.1 Å². The van der Waals surface area contributed by atoms with Crippen molar-refractivity contribution in [2.24, 2.45) is 0 Å². The Balaban J connectivity index is 1.93. The zero-order valence-corrected chi connectivity index (χ0v) is 14.4. The molecule has 1 unspecified atom stereocenters. The monoisotopic (exact) mass is 333 g/mol. The molecule has 2 aromatic carbocycles. The lowest BCUT2D eigenvalue weighted by molar-refractivity contribution is 0.0771. The van der Waals surface area contributed by atoms with E-state index >= 15 is 0 Å². The molecule has 1 aliphatic heterocycles. The maximum atomic E-state index is 13.0. The Hall–Kier alpha value is -2.88. The Bertz CT molecular complexity index is 1030. The van der Waals surface area contributed by atoms with Gasteiger partial charge in [-0.15, -0.1) is 0 Å². The average Bonchev–Trinajstić information content (AvgIpc) is 2.87. The first-order valence-electron chi connectivity index (χ1n) is 8.41. The van der Waals surface area contributed by atoms with Gasteiger partial charge in [-0.25, -0.2) is 0 Å². The SMILES string of the molecule is CC(C)c1ccc(C2c3c(oc4ccccc4c3=O)C(=O)N2C)cc1. The number of nitrogens with zero attached hydrogens (tertiary/aromatic N) is 1. The molecule has 0 bridgehead atoms. The molecule has 4 heteroatoms. The fraction of sp³-hybridized carbons (Fsp3) is 0.238. The first kappa shape index (κ1) is 15.6. The van der Waals surface area contributed by atoms with Gasteiger partial charge in [-0.2, -0.15) is 0 Å². The van der Waals surface area contributed by atoms with Gasteiger partial charge in [0.15, 0.2) is 5.43 Å². The molecule has 0 radical (unpaired) electrons. The summed E-state index contributed by atoms with van der Waals surface area (Å²) >= 11 is 0. The van der Waals surface area contributed by atoms with E-state index in [1.165, 1.54) is 5.56 Å². The molecular formula is C21H19NO3. The molecule has 4 rings (SSSR count). The highest BCUT2D eigenvalue weighted by Gasteiger charge is 2.40. The summed E-state index contributed by atoms with van der Waals surface area (Å²) in [5.74, 6) is 0.332. The first-order chi connectivity index (χ1) is 12.0. The largest absolute Gasteiger partial charge is 0.450 e. The summed E-state index contributed by atoms with van der Waals surface area (Å²) in [5, 5.41) is 0.508. The second-order valence-corrected chi connectivity index (χ2v) is 6.81. The lowest BCUT2D eigenvalue weighted by Gasteiger charge is -2.20. The molecule has 0 spiro atoms. The second-order valence-electron chi connectivity index (χ2n) is 6.81. The van der Waals surface area contributed by atoms with Crippen molar-refractivity contribution in [3.8, 4) is 0 Å². The summed E-state index contributed by atoms with van der Waals surface area (Å²) in [6.45, 7) is 4.27. The van der Waals surface area contributed by atoms with Gasteiger partial charge < -0.3 is 9.32 Å². The Morgan fingerprint density at radius 3 is 2.36 bits per heavy atom. The molecule has 1 atom stereocenters. The predicted molar refractivity (Wildman–Crippen MR) is 97.0 cm³/mol. The highest BCUT2D eigenvalue weighted by Crippen LogP contribution is 2.37. The van der Waals surface area contributed by atoms with Gasteiger partial charge >= 0.3 is 0 Å². The number of rotatable bonds is 2. The quantitative estimate of drug-likeness (QED) is 0.710. The summed E-state index contributed by atoms with van der Waals surface area (Å²) in [6.07, 6.45) is 0. The van der Waals surface area contributed by atoms with Crippen molar-refractivity contribution in [3.63, 3.8) is 0 Å². The van der Waals surface area contributed by atoms with Crippen LogP contribution in [-0.2, 0) is 0 Å². The fourth-order valence-corrected chi connectivity index (χ4v) is 3.49. The molecule has 0 saturated carbocycles. The molecule has 0 saturated heterocycles.